The van der Waals surface area contributed by atoms with Gasteiger partial charge in [-0.3, -0.25) is 0 Å². The van der Waals surface area contributed by atoms with Crippen LogP contribution < -0.4 is 4.72 Å². The molecule has 0 saturated heterocycles. The fraction of sp³-hybridized carbons (Fsp3) is 0.417. The summed E-state index contributed by atoms with van der Waals surface area (Å²) in [7, 11) is -7.01. The number of H-pyrrole nitrogens is 1. The molecule has 21 heavy (non-hydrogen) atoms. The van der Waals surface area contributed by atoms with Gasteiger partial charge >= 0.3 is 0 Å². The lowest BCUT2D eigenvalue weighted by molar-refractivity contribution is 0.561. The van der Waals surface area contributed by atoms with Crippen LogP contribution in [0.1, 0.15) is 18.8 Å². The maximum Gasteiger partial charge on any atom is 0.213 e. The predicted octanol–water partition coefficient (Wildman–Crippen LogP) is 0.588. The summed E-state index contributed by atoms with van der Waals surface area (Å²) in [6.45, 7) is 1.65. The number of nitrogens with zero attached hydrogens (tertiary/aromatic N) is 1. The molecule has 1 heterocycles. The van der Waals surface area contributed by atoms with Gasteiger partial charge in [-0.2, -0.15) is 0 Å². The second-order valence-electron chi connectivity index (χ2n) is 4.93. The number of benzene rings is 1. The van der Waals surface area contributed by atoms with Crippen LogP contribution in [0.25, 0.3) is 11.0 Å². The van der Waals surface area contributed by atoms with Crippen LogP contribution >= 0.6 is 0 Å². The summed E-state index contributed by atoms with van der Waals surface area (Å²) in [5.74, 6) is -0.384. The van der Waals surface area contributed by atoms with Crippen molar-refractivity contribution in [1.82, 2.24) is 14.7 Å². The Balaban J connectivity index is 2.11. The molecule has 0 aliphatic rings. The SMILES string of the molecule is CC(NS(=O)(=O)CCS(C)(=O)=O)c1nc2ccccc2[nH]1. The number of hydrogen-bond acceptors (Lipinski definition) is 5. The van der Waals surface area contributed by atoms with Crippen molar-refractivity contribution in [2.24, 2.45) is 0 Å². The molecule has 9 heteroatoms. The number of hydrogen-bond donors (Lipinski definition) is 2. The summed E-state index contributed by atoms with van der Waals surface area (Å²) in [5.41, 5.74) is 1.56. The van der Waals surface area contributed by atoms with Gasteiger partial charge in [-0.1, -0.05) is 12.1 Å². The molecule has 7 nitrogen and oxygen atoms in total. The third-order valence-electron chi connectivity index (χ3n) is 2.90. The quantitative estimate of drug-likeness (QED) is 0.805. The molecule has 2 aromatic rings. The second kappa shape index (κ2) is 5.74. The fourth-order valence-corrected chi connectivity index (χ4v) is 4.68. The van der Waals surface area contributed by atoms with E-state index in [1.807, 2.05) is 24.3 Å². The average Bonchev–Trinajstić information content (AvgIpc) is 2.79. The molecule has 1 unspecified atom stereocenters. The van der Waals surface area contributed by atoms with Crippen LogP contribution in [-0.2, 0) is 19.9 Å². The molecule has 0 saturated carbocycles. The Morgan fingerprint density at radius 1 is 1.19 bits per heavy atom. The van der Waals surface area contributed by atoms with E-state index in [9.17, 15) is 16.8 Å². The van der Waals surface area contributed by atoms with Crippen LogP contribution in [0.3, 0.4) is 0 Å². The minimum absolute atomic E-state index is 0.408. The summed E-state index contributed by atoms with van der Waals surface area (Å²) < 4.78 is 48.2. The first-order chi connectivity index (χ1) is 9.66. The minimum Gasteiger partial charge on any atom is -0.341 e. The number of sulfone groups is 1. The summed E-state index contributed by atoms with van der Waals surface area (Å²) in [4.78, 5) is 7.34. The number of imidazole rings is 1. The van der Waals surface area contributed by atoms with Gasteiger partial charge in [0.1, 0.15) is 15.7 Å². The Labute approximate surface area is 123 Å². The van der Waals surface area contributed by atoms with E-state index in [-0.39, 0.29) is 0 Å². The normalized spacial score (nSPS) is 14.4. The van der Waals surface area contributed by atoms with Crippen molar-refractivity contribution >= 4 is 30.9 Å². The lowest BCUT2D eigenvalue weighted by Crippen LogP contribution is -2.32. The van der Waals surface area contributed by atoms with E-state index in [1.165, 1.54) is 0 Å². The van der Waals surface area contributed by atoms with Crippen molar-refractivity contribution in [3.8, 4) is 0 Å². The monoisotopic (exact) mass is 331 g/mol. The number of nitrogens with one attached hydrogen (secondary N) is 2. The van der Waals surface area contributed by atoms with Crippen molar-refractivity contribution in [3.05, 3.63) is 30.1 Å². The van der Waals surface area contributed by atoms with Crippen LogP contribution in [0.4, 0.5) is 0 Å². The zero-order valence-electron chi connectivity index (χ0n) is 11.7. The molecule has 0 radical (unpaired) electrons. The number of aromatic amines is 1. The summed E-state index contributed by atoms with van der Waals surface area (Å²) in [5, 5.41) is 0. The van der Waals surface area contributed by atoms with Gasteiger partial charge in [-0.05, 0) is 19.1 Å². The Morgan fingerprint density at radius 2 is 1.86 bits per heavy atom. The number of fused-ring (bicyclic) bond motifs is 1. The number of para-hydroxylation sites is 2. The lowest BCUT2D eigenvalue weighted by atomic mass is 10.3. The Bertz CT molecular complexity index is 807. The Kier molecular flexibility index (Phi) is 4.35. The molecule has 2 rings (SSSR count). The van der Waals surface area contributed by atoms with Gasteiger partial charge in [0.05, 0.1) is 28.6 Å². The van der Waals surface area contributed by atoms with Gasteiger partial charge in [-0.15, -0.1) is 0 Å². The number of sulfonamides is 1. The lowest BCUT2D eigenvalue weighted by Gasteiger charge is -2.11. The first-order valence-corrected chi connectivity index (χ1v) is 10.00. The molecule has 0 amide bonds. The maximum atomic E-state index is 11.9. The molecule has 0 aliphatic heterocycles. The molecular weight excluding hydrogens is 314 g/mol. The highest BCUT2D eigenvalue weighted by Gasteiger charge is 2.20. The molecule has 0 spiro atoms. The molecule has 1 aromatic carbocycles. The first-order valence-electron chi connectivity index (χ1n) is 6.29. The van der Waals surface area contributed by atoms with E-state index in [1.54, 1.807) is 6.92 Å². The molecule has 1 aromatic heterocycles. The standard InChI is InChI=1S/C12H17N3O4S2/c1-9(15-21(18,19)8-7-20(2,16)17)12-13-10-5-3-4-6-11(10)14-12/h3-6,9,15H,7-8H2,1-2H3,(H,13,14). The molecule has 0 aliphatic carbocycles. The third kappa shape index (κ3) is 4.51. The van der Waals surface area contributed by atoms with E-state index in [2.05, 4.69) is 14.7 Å². The van der Waals surface area contributed by atoms with Crippen molar-refractivity contribution in [2.75, 3.05) is 17.8 Å². The molecule has 0 bridgehead atoms. The fourth-order valence-electron chi connectivity index (χ4n) is 1.82. The van der Waals surface area contributed by atoms with E-state index in [0.717, 1.165) is 17.3 Å². The largest absolute Gasteiger partial charge is 0.341 e. The average molecular weight is 331 g/mol. The van der Waals surface area contributed by atoms with Crippen LogP contribution in [0.15, 0.2) is 24.3 Å². The second-order valence-corrected chi connectivity index (χ2v) is 9.06. The summed E-state index contributed by atoms with van der Waals surface area (Å²) in [6, 6.07) is 6.79. The van der Waals surface area contributed by atoms with Crippen LogP contribution in [0.2, 0.25) is 0 Å². The topological polar surface area (TPSA) is 109 Å². The minimum atomic E-state index is -3.69. The molecule has 116 valence electrons. The zero-order chi connectivity index (χ0) is 15.7. The van der Waals surface area contributed by atoms with Crippen molar-refractivity contribution < 1.29 is 16.8 Å². The van der Waals surface area contributed by atoms with Crippen LogP contribution in [0.5, 0.6) is 0 Å². The Hall–Kier alpha value is -1.45. The van der Waals surface area contributed by atoms with Gasteiger partial charge in [0, 0.05) is 6.26 Å². The van der Waals surface area contributed by atoms with Gasteiger partial charge in [-0.25, -0.2) is 26.5 Å². The highest BCUT2D eigenvalue weighted by Crippen LogP contribution is 2.16. The zero-order valence-corrected chi connectivity index (χ0v) is 13.3. The molecule has 1 atom stereocenters. The van der Waals surface area contributed by atoms with Crippen molar-refractivity contribution in [3.63, 3.8) is 0 Å². The highest BCUT2D eigenvalue weighted by atomic mass is 32.2. The van der Waals surface area contributed by atoms with Gasteiger partial charge in [0.15, 0.2) is 0 Å². The van der Waals surface area contributed by atoms with E-state index in [4.69, 9.17) is 0 Å². The van der Waals surface area contributed by atoms with E-state index >= 15 is 0 Å². The smallest absolute Gasteiger partial charge is 0.213 e. The van der Waals surface area contributed by atoms with Crippen molar-refractivity contribution in [1.29, 1.82) is 0 Å². The number of aromatic nitrogens is 2. The molecular formula is C12H17N3O4S2. The van der Waals surface area contributed by atoms with Gasteiger partial charge < -0.3 is 4.98 Å². The third-order valence-corrected chi connectivity index (χ3v) is 5.56. The summed E-state index contributed by atoms with van der Waals surface area (Å²) in [6.07, 6.45) is 1.01. The van der Waals surface area contributed by atoms with Gasteiger partial charge in [0.2, 0.25) is 10.0 Å². The maximum absolute atomic E-state index is 11.9. The van der Waals surface area contributed by atoms with E-state index < -0.39 is 37.4 Å². The molecule has 2 N–H and O–H groups in total. The van der Waals surface area contributed by atoms with Crippen LogP contribution in [0, 0.1) is 0 Å². The van der Waals surface area contributed by atoms with Gasteiger partial charge in [0.25, 0.3) is 0 Å². The van der Waals surface area contributed by atoms with E-state index in [0.29, 0.717) is 5.82 Å². The van der Waals surface area contributed by atoms with Crippen LogP contribution in [-0.4, -0.2) is 44.6 Å². The van der Waals surface area contributed by atoms with Crippen molar-refractivity contribution in [2.45, 2.75) is 13.0 Å². The predicted molar refractivity (Wildman–Crippen MR) is 81.1 cm³/mol. The molecule has 0 fully saturated rings. The number of rotatable bonds is 6. The first kappa shape index (κ1) is 15.9. The highest BCUT2D eigenvalue weighted by molar-refractivity contribution is 7.93. The summed E-state index contributed by atoms with van der Waals surface area (Å²) >= 11 is 0. The Morgan fingerprint density at radius 3 is 2.48 bits per heavy atom.